The first kappa shape index (κ1) is 23.7. The van der Waals surface area contributed by atoms with Crippen LogP contribution >= 0.6 is 12.2 Å². The van der Waals surface area contributed by atoms with Gasteiger partial charge in [-0.15, -0.1) is 13.2 Å². The second-order valence-electron chi connectivity index (χ2n) is 7.86. The Balaban J connectivity index is 2.39. The van der Waals surface area contributed by atoms with Crippen LogP contribution in [0.1, 0.15) is 32.4 Å². The summed E-state index contributed by atoms with van der Waals surface area (Å²) in [4.78, 5) is 4.92. The molecular weight excluding hydrogens is 391 g/mol. The van der Waals surface area contributed by atoms with Gasteiger partial charge in [-0.25, -0.2) is 4.39 Å². The van der Waals surface area contributed by atoms with Crippen molar-refractivity contribution in [3.05, 3.63) is 86.4 Å². The van der Waals surface area contributed by atoms with Crippen LogP contribution in [0, 0.1) is 11.3 Å². The number of nitrogens with zero attached hydrogens (tertiary/aromatic N) is 1. The summed E-state index contributed by atoms with van der Waals surface area (Å²) in [6, 6.07) is 9.79. The molecule has 0 amide bonds. The van der Waals surface area contributed by atoms with Crippen LogP contribution in [-0.4, -0.2) is 22.6 Å². The topological polar surface area (TPSA) is 24.9 Å². The van der Waals surface area contributed by atoms with Crippen LogP contribution in [0.5, 0.6) is 0 Å². The summed E-state index contributed by atoms with van der Waals surface area (Å²) in [6.45, 7) is 20.1. The number of allylic oxidation sites excluding steroid dienone is 2. The van der Waals surface area contributed by atoms with Crippen molar-refractivity contribution in [1.82, 2.24) is 10.3 Å². The molecule has 0 spiro atoms. The Hall–Kier alpha value is -2.59. The van der Waals surface area contributed by atoms with Crippen molar-refractivity contribution < 1.29 is 4.39 Å². The van der Waals surface area contributed by atoms with E-state index in [1.165, 1.54) is 0 Å². The number of fused-ring (bicyclic) bond motifs is 1. The van der Waals surface area contributed by atoms with Crippen molar-refractivity contribution in [3.63, 3.8) is 0 Å². The monoisotopic (exact) mass is 422 g/mol. The van der Waals surface area contributed by atoms with E-state index in [0.29, 0.717) is 17.7 Å². The van der Waals surface area contributed by atoms with E-state index in [4.69, 9.17) is 12.2 Å². The lowest BCUT2D eigenvalue weighted by Gasteiger charge is -2.39. The molecule has 2 unspecified atom stereocenters. The maximum atomic E-state index is 13.2. The number of nitrogens with one attached hydrogen (secondary N) is 1. The first-order chi connectivity index (χ1) is 14.3. The van der Waals surface area contributed by atoms with Gasteiger partial charge in [0.05, 0.1) is 11.7 Å². The van der Waals surface area contributed by atoms with E-state index in [1.807, 2.05) is 24.3 Å². The quantitative estimate of drug-likeness (QED) is 0.299. The fourth-order valence-corrected chi connectivity index (χ4v) is 3.96. The normalized spacial score (nSPS) is 14.0. The number of halogens is 1. The maximum Gasteiger partial charge on any atom is 0.123 e. The summed E-state index contributed by atoms with van der Waals surface area (Å²) < 4.78 is 13.2. The first-order valence-corrected chi connectivity index (χ1v) is 10.5. The molecule has 158 valence electrons. The van der Waals surface area contributed by atoms with Crippen molar-refractivity contribution in [2.75, 3.05) is 6.67 Å². The summed E-state index contributed by atoms with van der Waals surface area (Å²) >= 11 is 5.22. The molecule has 0 aliphatic heterocycles. The lowest BCUT2D eigenvalue weighted by molar-refractivity contribution is 0.311. The number of aromatic nitrogens is 1. The third-order valence-corrected chi connectivity index (χ3v) is 6.14. The van der Waals surface area contributed by atoms with Crippen LogP contribution in [0.4, 0.5) is 4.39 Å². The maximum absolute atomic E-state index is 13.2. The molecule has 1 N–H and O–H groups in total. The molecule has 0 aliphatic carbocycles. The average Bonchev–Trinajstić information content (AvgIpc) is 2.75. The van der Waals surface area contributed by atoms with Gasteiger partial charge >= 0.3 is 0 Å². The highest BCUT2D eigenvalue weighted by atomic mass is 32.1. The molecule has 2 aromatic rings. The Bertz CT molecular complexity index is 957. The summed E-state index contributed by atoms with van der Waals surface area (Å²) in [5.74, 6) is 0.171. The minimum atomic E-state index is -0.663. The molecule has 2 atom stereocenters. The highest BCUT2D eigenvalue weighted by molar-refractivity contribution is 7.80. The van der Waals surface area contributed by atoms with Crippen LogP contribution in [0.15, 0.2) is 80.7 Å². The van der Waals surface area contributed by atoms with Crippen molar-refractivity contribution in [3.8, 4) is 0 Å². The van der Waals surface area contributed by atoms with Gasteiger partial charge < -0.3 is 5.32 Å². The number of thiocarbonyl (C=S) groups is 1. The van der Waals surface area contributed by atoms with E-state index in [0.717, 1.165) is 27.7 Å². The molecule has 2 nitrogen and oxygen atoms in total. The number of benzene rings is 1. The van der Waals surface area contributed by atoms with Gasteiger partial charge in [0.15, 0.2) is 0 Å². The lowest BCUT2D eigenvalue weighted by Crippen LogP contribution is -2.42. The van der Waals surface area contributed by atoms with E-state index >= 15 is 0 Å². The number of hydrogen-bond donors (Lipinski definition) is 1. The SMILES string of the molecule is C=CCC(NC(=C)C(C=C)(CC(=C)c1nccc2ccccc12)C(C)C)C(=S)CF. The van der Waals surface area contributed by atoms with Crippen molar-refractivity contribution >= 4 is 33.4 Å². The molecule has 0 radical (unpaired) electrons. The van der Waals surface area contributed by atoms with Crippen molar-refractivity contribution in [2.24, 2.45) is 11.3 Å². The van der Waals surface area contributed by atoms with Gasteiger partial charge in [0, 0.05) is 27.6 Å². The third kappa shape index (κ3) is 4.93. The largest absolute Gasteiger partial charge is 0.380 e. The molecule has 30 heavy (non-hydrogen) atoms. The number of hydrogen-bond acceptors (Lipinski definition) is 3. The number of alkyl halides is 1. The van der Waals surface area contributed by atoms with Crippen LogP contribution in [-0.2, 0) is 0 Å². The van der Waals surface area contributed by atoms with Crippen molar-refractivity contribution in [1.29, 1.82) is 0 Å². The van der Waals surface area contributed by atoms with Gasteiger partial charge in [-0.3, -0.25) is 4.98 Å². The second kappa shape index (κ2) is 10.4. The summed E-state index contributed by atoms with van der Waals surface area (Å²) in [7, 11) is 0. The highest BCUT2D eigenvalue weighted by Gasteiger charge is 2.36. The Morgan fingerprint density at radius 2 is 1.93 bits per heavy atom. The molecule has 0 saturated carbocycles. The van der Waals surface area contributed by atoms with E-state index in [9.17, 15) is 4.39 Å². The summed E-state index contributed by atoms with van der Waals surface area (Å²) in [5.41, 5.74) is 2.02. The smallest absolute Gasteiger partial charge is 0.123 e. The summed E-state index contributed by atoms with van der Waals surface area (Å²) in [5, 5.41) is 5.54. The van der Waals surface area contributed by atoms with Crippen molar-refractivity contribution in [2.45, 2.75) is 32.7 Å². The zero-order chi connectivity index (χ0) is 22.3. The van der Waals surface area contributed by atoms with Gasteiger partial charge in [0.1, 0.15) is 6.67 Å². The fraction of sp³-hybridized carbons (Fsp3) is 0.308. The Labute approximate surface area is 185 Å². The van der Waals surface area contributed by atoms with E-state index in [-0.39, 0.29) is 12.0 Å². The average molecular weight is 423 g/mol. The van der Waals surface area contributed by atoms with Gasteiger partial charge in [0.2, 0.25) is 0 Å². The number of rotatable bonds is 12. The minimum Gasteiger partial charge on any atom is -0.380 e. The predicted octanol–water partition coefficient (Wildman–Crippen LogP) is 6.85. The highest BCUT2D eigenvalue weighted by Crippen LogP contribution is 2.43. The molecule has 1 aromatic carbocycles. The predicted molar refractivity (Wildman–Crippen MR) is 132 cm³/mol. The van der Waals surface area contributed by atoms with Crippen LogP contribution in [0.25, 0.3) is 16.3 Å². The molecule has 0 fully saturated rings. The molecule has 1 aromatic heterocycles. The molecule has 4 heteroatoms. The first-order valence-electron chi connectivity index (χ1n) is 10.1. The van der Waals surface area contributed by atoms with E-state index in [1.54, 1.807) is 12.3 Å². The standard InChI is InChI=1S/C26H31FN2S/c1-7-11-23(24(30)17-27)29-20(6)26(8-2,18(3)4)16-19(5)25-22-13-10-9-12-21(22)14-15-28-25/h7-10,12-15,18,23,29H,1-2,5-6,11,16-17H2,3-4H3. The molecule has 0 saturated heterocycles. The Kier molecular flexibility index (Phi) is 8.24. The fourth-order valence-electron chi connectivity index (χ4n) is 3.80. The minimum absolute atomic E-state index is 0.171. The molecule has 0 bridgehead atoms. The van der Waals surface area contributed by atoms with Crippen LogP contribution in [0.3, 0.4) is 0 Å². The van der Waals surface area contributed by atoms with E-state index in [2.05, 4.69) is 62.6 Å². The molecule has 0 aliphatic rings. The zero-order valence-corrected chi connectivity index (χ0v) is 18.8. The third-order valence-electron chi connectivity index (χ3n) is 5.74. The van der Waals surface area contributed by atoms with Gasteiger partial charge in [-0.1, -0.05) is 75.6 Å². The van der Waals surface area contributed by atoms with Gasteiger partial charge in [-0.2, -0.15) is 0 Å². The lowest BCUT2D eigenvalue weighted by atomic mass is 9.70. The van der Waals surface area contributed by atoms with E-state index < -0.39 is 12.1 Å². The summed E-state index contributed by atoms with van der Waals surface area (Å²) in [6.07, 6.45) is 6.56. The van der Waals surface area contributed by atoms with Crippen LogP contribution < -0.4 is 5.32 Å². The van der Waals surface area contributed by atoms with Crippen LogP contribution in [0.2, 0.25) is 0 Å². The Morgan fingerprint density at radius 3 is 2.53 bits per heavy atom. The van der Waals surface area contributed by atoms with Gasteiger partial charge in [0.25, 0.3) is 0 Å². The number of pyridine rings is 1. The Morgan fingerprint density at radius 1 is 1.23 bits per heavy atom. The molecule has 1 heterocycles. The van der Waals surface area contributed by atoms with Gasteiger partial charge in [-0.05, 0) is 35.8 Å². The second-order valence-corrected chi connectivity index (χ2v) is 8.38. The molecule has 2 rings (SSSR count). The molecular formula is C26H31FN2S. The zero-order valence-electron chi connectivity index (χ0n) is 18.0.